The molecule has 0 radical (unpaired) electrons. The van der Waals surface area contributed by atoms with Gasteiger partial charge in [0, 0.05) is 21.9 Å². The van der Waals surface area contributed by atoms with Crippen LogP contribution in [0.4, 0.5) is 13.2 Å². The predicted molar refractivity (Wildman–Crippen MR) is 80.2 cm³/mol. The molecule has 126 valence electrons. The lowest BCUT2D eigenvalue weighted by Gasteiger charge is -2.08. The van der Waals surface area contributed by atoms with Crippen LogP contribution in [0.5, 0.6) is 0 Å². The predicted octanol–water partition coefficient (Wildman–Crippen LogP) is 2.13. The highest BCUT2D eigenvalue weighted by Crippen LogP contribution is 2.34. The summed E-state index contributed by atoms with van der Waals surface area (Å²) in [5.41, 5.74) is -0.773. The molecule has 0 amide bonds. The van der Waals surface area contributed by atoms with E-state index in [0.29, 0.717) is 27.0 Å². The third-order valence-electron chi connectivity index (χ3n) is 2.55. The van der Waals surface area contributed by atoms with Gasteiger partial charge in [-0.25, -0.2) is 18.2 Å². The van der Waals surface area contributed by atoms with Gasteiger partial charge in [-0.3, -0.25) is 4.57 Å². The SMILES string of the molecule is Cc1nc(SS(C)(=O)=O)nc(=O)n1Cc1ccc(C(F)(F)F)s1. The van der Waals surface area contributed by atoms with Crippen LogP contribution in [0.25, 0.3) is 0 Å². The molecule has 2 heterocycles. The van der Waals surface area contributed by atoms with E-state index in [1.54, 1.807) is 0 Å². The van der Waals surface area contributed by atoms with E-state index in [0.717, 1.165) is 16.9 Å². The minimum atomic E-state index is -4.44. The zero-order valence-electron chi connectivity index (χ0n) is 11.8. The molecule has 6 nitrogen and oxygen atoms in total. The van der Waals surface area contributed by atoms with Gasteiger partial charge in [-0.15, -0.1) is 11.3 Å². The zero-order chi connectivity index (χ0) is 17.4. The lowest BCUT2D eigenvalue weighted by Crippen LogP contribution is -2.27. The van der Waals surface area contributed by atoms with Gasteiger partial charge in [0.2, 0.25) is 14.0 Å². The first-order valence-corrected chi connectivity index (χ1v) is 10.0. The van der Waals surface area contributed by atoms with E-state index in [9.17, 15) is 26.4 Å². The number of aryl methyl sites for hydroxylation is 1. The smallest absolute Gasteiger partial charge is 0.275 e. The standard InChI is InChI=1S/C11H10F3N3O3S3/c1-6-15-9(22-23(2,19)20)16-10(18)17(6)5-7-3-4-8(21-7)11(12,13)14/h3-4H,5H2,1-2H3. The van der Waals surface area contributed by atoms with Gasteiger partial charge >= 0.3 is 11.9 Å². The third-order valence-corrected chi connectivity index (χ3v) is 5.66. The molecular weight excluding hydrogens is 375 g/mol. The fraction of sp³-hybridized carbons (Fsp3) is 0.364. The molecule has 0 aliphatic carbocycles. The van der Waals surface area contributed by atoms with Gasteiger partial charge in [-0.1, -0.05) is 0 Å². The molecule has 0 atom stereocenters. The molecule has 0 bridgehead atoms. The number of nitrogens with zero attached hydrogens (tertiary/aromatic N) is 3. The van der Waals surface area contributed by atoms with Crippen LogP contribution in [-0.2, 0) is 21.6 Å². The second-order valence-corrected chi connectivity index (χ2v) is 9.90. The number of thiophene rings is 1. The Morgan fingerprint density at radius 2 is 1.96 bits per heavy atom. The maximum absolute atomic E-state index is 12.6. The van der Waals surface area contributed by atoms with Crippen molar-refractivity contribution in [3.05, 3.63) is 38.2 Å². The topological polar surface area (TPSA) is 81.9 Å². The van der Waals surface area contributed by atoms with Crippen molar-refractivity contribution in [3.63, 3.8) is 0 Å². The molecule has 2 aromatic rings. The lowest BCUT2D eigenvalue weighted by atomic mass is 10.4. The summed E-state index contributed by atoms with van der Waals surface area (Å²) in [5.74, 6) is 0.165. The second kappa shape index (κ2) is 6.24. The number of hydrogen-bond acceptors (Lipinski definition) is 7. The fourth-order valence-corrected chi connectivity index (χ4v) is 4.09. The summed E-state index contributed by atoms with van der Waals surface area (Å²) in [6.45, 7) is 1.34. The van der Waals surface area contributed by atoms with Gasteiger partial charge in [0.25, 0.3) is 0 Å². The Balaban J connectivity index is 2.31. The van der Waals surface area contributed by atoms with Crippen molar-refractivity contribution < 1.29 is 21.6 Å². The van der Waals surface area contributed by atoms with Crippen molar-refractivity contribution in [1.29, 1.82) is 0 Å². The highest BCUT2D eigenvalue weighted by molar-refractivity contribution is 8.71. The van der Waals surface area contributed by atoms with Crippen LogP contribution in [-0.4, -0.2) is 29.2 Å². The summed E-state index contributed by atoms with van der Waals surface area (Å²) in [6.07, 6.45) is -3.48. The minimum Gasteiger partial charge on any atom is -0.275 e. The number of halogens is 3. The zero-order valence-corrected chi connectivity index (χ0v) is 14.2. The van der Waals surface area contributed by atoms with Crippen LogP contribution in [0.3, 0.4) is 0 Å². The van der Waals surface area contributed by atoms with Crippen LogP contribution >= 0.6 is 22.1 Å². The summed E-state index contributed by atoms with van der Waals surface area (Å²) >= 11 is 0.525. The Kier molecular flexibility index (Phi) is 4.87. The molecular formula is C11H10F3N3O3S3. The number of aromatic nitrogens is 3. The van der Waals surface area contributed by atoms with Gasteiger partial charge in [-0.2, -0.15) is 18.2 Å². The molecule has 2 rings (SSSR count). The first-order chi connectivity index (χ1) is 10.5. The van der Waals surface area contributed by atoms with Crippen molar-refractivity contribution >= 4 is 31.0 Å². The lowest BCUT2D eigenvalue weighted by molar-refractivity contribution is -0.134. The quantitative estimate of drug-likeness (QED) is 0.750. The van der Waals surface area contributed by atoms with Crippen LogP contribution in [0.2, 0.25) is 0 Å². The molecule has 2 aromatic heterocycles. The number of hydrogen-bond donors (Lipinski definition) is 0. The van der Waals surface area contributed by atoms with E-state index in [1.807, 2.05) is 0 Å². The average molecular weight is 385 g/mol. The van der Waals surface area contributed by atoms with Crippen molar-refractivity contribution in [3.8, 4) is 0 Å². The van der Waals surface area contributed by atoms with Crippen LogP contribution in [0.1, 0.15) is 15.6 Å². The van der Waals surface area contributed by atoms with Crippen LogP contribution < -0.4 is 5.69 Å². The monoisotopic (exact) mass is 385 g/mol. The maximum Gasteiger partial charge on any atom is 0.425 e. The fourth-order valence-electron chi connectivity index (χ4n) is 1.63. The van der Waals surface area contributed by atoms with Crippen molar-refractivity contribution in [1.82, 2.24) is 14.5 Å². The normalized spacial score (nSPS) is 12.6. The van der Waals surface area contributed by atoms with Gasteiger partial charge < -0.3 is 0 Å². The van der Waals surface area contributed by atoms with Crippen molar-refractivity contribution in [2.45, 2.75) is 24.8 Å². The van der Waals surface area contributed by atoms with Crippen molar-refractivity contribution in [2.24, 2.45) is 0 Å². The van der Waals surface area contributed by atoms with E-state index in [-0.39, 0.29) is 17.5 Å². The van der Waals surface area contributed by atoms with Crippen molar-refractivity contribution in [2.75, 3.05) is 6.26 Å². The molecule has 0 fully saturated rings. The largest absolute Gasteiger partial charge is 0.425 e. The summed E-state index contributed by atoms with van der Waals surface area (Å²) in [4.78, 5) is 18.9. The Bertz CT molecular complexity index is 887. The Hall–Kier alpha value is -1.40. The Labute approximate surface area is 136 Å². The molecule has 0 N–H and O–H groups in total. The van der Waals surface area contributed by atoms with Crippen LogP contribution in [0, 0.1) is 6.92 Å². The molecule has 0 aromatic carbocycles. The van der Waals surface area contributed by atoms with E-state index in [1.165, 1.54) is 13.0 Å². The molecule has 0 unspecified atom stereocenters. The molecule has 0 saturated carbocycles. The number of alkyl halides is 3. The number of rotatable bonds is 4. The highest BCUT2D eigenvalue weighted by atomic mass is 33.1. The van der Waals surface area contributed by atoms with Gasteiger partial charge in [-0.05, 0) is 19.1 Å². The summed E-state index contributed by atoms with van der Waals surface area (Å²) < 4.78 is 61.1. The van der Waals surface area contributed by atoms with Gasteiger partial charge in [0.05, 0.1) is 6.54 Å². The minimum absolute atomic E-state index is 0.116. The summed E-state index contributed by atoms with van der Waals surface area (Å²) in [6, 6.07) is 2.22. The molecule has 23 heavy (non-hydrogen) atoms. The highest BCUT2D eigenvalue weighted by Gasteiger charge is 2.32. The first kappa shape index (κ1) is 17.9. The summed E-state index contributed by atoms with van der Waals surface area (Å²) in [7, 11) is -3.13. The Morgan fingerprint density at radius 3 is 2.43 bits per heavy atom. The molecule has 12 heteroatoms. The third kappa shape index (κ3) is 4.78. The van der Waals surface area contributed by atoms with E-state index >= 15 is 0 Å². The van der Waals surface area contributed by atoms with E-state index in [2.05, 4.69) is 9.97 Å². The summed E-state index contributed by atoms with van der Waals surface area (Å²) in [5, 5.41) is -0.214. The second-order valence-electron chi connectivity index (χ2n) is 4.47. The van der Waals surface area contributed by atoms with Gasteiger partial charge in [0.1, 0.15) is 10.7 Å². The molecule has 0 aliphatic heterocycles. The van der Waals surface area contributed by atoms with E-state index in [4.69, 9.17) is 0 Å². The van der Waals surface area contributed by atoms with Gasteiger partial charge in [0.15, 0.2) is 0 Å². The van der Waals surface area contributed by atoms with E-state index < -0.39 is 25.6 Å². The molecule has 0 saturated heterocycles. The first-order valence-electron chi connectivity index (χ1n) is 5.96. The molecule has 0 aliphatic rings. The Morgan fingerprint density at radius 1 is 1.30 bits per heavy atom. The van der Waals surface area contributed by atoms with Crippen LogP contribution in [0.15, 0.2) is 22.1 Å². The molecule has 0 spiro atoms. The maximum atomic E-state index is 12.6. The average Bonchev–Trinajstić information content (AvgIpc) is 2.80.